The van der Waals surface area contributed by atoms with Crippen molar-refractivity contribution in [3.8, 4) is 0 Å². The van der Waals surface area contributed by atoms with Gasteiger partial charge in [-0.05, 0) is 36.8 Å². The Labute approximate surface area is 140 Å². The lowest BCUT2D eigenvalue weighted by molar-refractivity contribution is -0.117. The van der Waals surface area contributed by atoms with Crippen molar-refractivity contribution in [3.05, 3.63) is 71.6 Å². The fourth-order valence-electron chi connectivity index (χ4n) is 2.07. The van der Waals surface area contributed by atoms with Gasteiger partial charge < -0.3 is 5.32 Å². The van der Waals surface area contributed by atoms with Crippen LogP contribution in [-0.2, 0) is 14.8 Å². The van der Waals surface area contributed by atoms with Crippen molar-refractivity contribution in [3.63, 3.8) is 0 Å². The van der Waals surface area contributed by atoms with E-state index in [1.165, 1.54) is 30.4 Å². The molecule has 3 N–H and O–H groups in total. The molecule has 0 aromatic heterocycles. The first kappa shape index (κ1) is 17.8. The van der Waals surface area contributed by atoms with Gasteiger partial charge in [0, 0.05) is 11.6 Å². The second-order valence-corrected chi connectivity index (χ2v) is 6.76. The maximum atomic E-state index is 13.5. The molecule has 0 fully saturated rings. The van der Waals surface area contributed by atoms with Crippen LogP contribution in [0.2, 0.25) is 0 Å². The van der Waals surface area contributed by atoms with E-state index in [1.807, 2.05) is 0 Å². The van der Waals surface area contributed by atoms with Crippen molar-refractivity contribution >= 4 is 22.0 Å². The van der Waals surface area contributed by atoms with Crippen molar-refractivity contribution < 1.29 is 17.6 Å². The molecule has 0 radical (unpaired) electrons. The molecule has 2 aromatic rings. The van der Waals surface area contributed by atoms with Crippen molar-refractivity contribution in [1.29, 1.82) is 0 Å². The van der Waals surface area contributed by atoms with Gasteiger partial charge in [-0.1, -0.05) is 30.3 Å². The Morgan fingerprint density at radius 2 is 1.79 bits per heavy atom. The summed E-state index contributed by atoms with van der Waals surface area (Å²) in [6.07, 6.45) is 2.63. The number of sulfonamides is 1. The lowest BCUT2D eigenvalue weighted by Gasteiger charge is -2.13. The number of rotatable bonds is 5. The predicted octanol–water partition coefficient (Wildman–Crippen LogP) is 2.36. The number of amides is 1. The SMILES string of the molecule is CC(NC(=O)C=Cc1ccccc1F)c1ccc(S(N)(=O)=O)cc1. The molecular weight excluding hydrogens is 331 g/mol. The minimum atomic E-state index is -3.75. The Kier molecular flexibility index (Phi) is 5.48. The third-order valence-electron chi connectivity index (χ3n) is 3.39. The Morgan fingerprint density at radius 1 is 1.17 bits per heavy atom. The first-order valence-corrected chi connectivity index (χ1v) is 8.68. The molecule has 2 rings (SSSR count). The first-order chi connectivity index (χ1) is 11.3. The maximum Gasteiger partial charge on any atom is 0.244 e. The molecule has 0 bridgehead atoms. The molecule has 7 heteroatoms. The summed E-state index contributed by atoms with van der Waals surface area (Å²) >= 11 is 0. The largest absolute Gasteiger partial charge is 0.346 e. The molecule has 2 aromatic carbocycles. The van der Waals surface area contributed by atoms with Gasteiger partial charge in [-0.25, -0.2) is 17.9 Å². The molecule has 0 aliphatic heterocycles. The molecule has 0 saturated carbocycles. The Hall–Kier alpha value is -2.51. The average molecular weight is 348 g/mol. The van der Waals surface area contributed by atoms with E-state index in [0.29, 0.717) is 5.56 Å². The number of carbonyl (C=O) groups is 1. The van der Waals surface area contributed by atoms with E-state index in [1.54, 1.807) is 37.3 Å². The summed E-state index contributed by atoms with van der Waals surface area (Å²) in [5.74, 6) is -0.797. The topological polar surface area (TPSA) is 89.3 Å². The lowest BCUT2D eigenvalue weighted by Crippen LogP contribution is -2.24. The number of halogens is 1. The van der Waals surface area contributed by atoms with Gasteiger partial charge in [-0.15, -0.1) is 0 Å². The van der Waals surface area contributed by atoms with Crippen molar-refractivity contribution in [2.24, 2.45) is 5.14 Å². The van der Waals surface area contributed by atoms with Crippen molar-refractivity contribution in [2.75, 3.05) is 0 Å². The molecule has 1 atom stereocenters. The highest BCUT2D eigenvalue weighted by molar-refractivity contribution is 7.89. The van der Waals surface area contributed by atoms with E-state index in [2.05, 4.69) is 5.32 Å². The molecule has 1 amide bonds. The smallest absolute Gasteiger partial charge is 0.244 e. The summed E-state index contributed by atoms with van der Waals surface area (Å²) in [6, 6.07) is 11.7. The van der Waals surface area contributed by atoms with E-state index >= 15 is 0 Å². The third kappa shape index (κ3) is 4.74. The highest BCUT2D eigenvalue weighted by Crippen LogP contribution is 2.15. The Morgan fingerprint density at radius 3 is 2.38 bits per heavy atom. The summed E-state index contributed by atoms with van der Waals surface area (Å²) in [5.41, 5.74) is 1.04. The van der Waals surface area contributed by atoms with E-state index in [4.69, 9.17) is 5.14 Å². The van der Waals surface area contributed by atoms with E-state index in [-0.39, 0.29) is 16.8 Å². The maximum absolute atomic E-state index is 13.5. The van der Waals surface area contributed by atoms with Crippen LogP contribution < -0.4 is 10.5 Å². The van der Waals surface area contributed by atoms with Crippen LogP contribution in [-0.4, -0.2) is 14.3 Å². The summed E-state index contributed by atoms with van der Waals surface area (Å²) in [6.45, 7) is 1.75. The normalized spacial score (nSPS) is 13.0. The van der Waals surface area contributed by atoms with Gasteiger partial charge in [-0.3, -0.25) is 4.79 Å². The number of hydrogen-bond acceptors (Lipinski definition) is 3. The van der Waals surface area contributed by atoms with Crippen LogP contribution in [0.15, 0.2) is 59.5 Å². The molecule has 1 unspecified atom stereocenters. The fourth-order valence-corrected chi connectivity index (χ4v) is 2.58. The van der Waals surface area contributed by atoms with Gasteiger partial charge in [0.2, 0.25) is 15.9 Å². The zero-order valence-electron chi connectivity index (χ0n) is 12.9. The summed E-state index contributed by atoms with van der Waals surface area (Å²) < 4.78 is 35.9. The summed E-state index contributed by atoms with van der Waals surface area (Å²) in [7, 11) is -3.75. The highest BCUT2D eigenvalue weighted by atomic mass is 32.2. The van der Waals surface area contributed by atoms with Crippen LogP contribution in [0, 0.1) is 5.82 Å². The standard InChI is InChI=1S/C17H17FN2O3S/c1-12(13-6-9-15(10-7-13)24(19,22)23)20-17(21)11-8-14-4-2-3-5-16(14)18/h2-12H,1H3,(H,20,21)(H2,19,22,23). The van der Waals surface area contributed by atoms with Gasteiger partial charge in [0.1, 0.15) is 5.82 Å². The van der Waals surface area contributed by atoms with Crippen LogP contribution >= 0.6 is 0 Å². The molecule has 126 valence electrons. The number of nitrogens with two attached hydrogens (primary N) is 1. The Balaban J connectivity index is 2.02. The monoisotopic (exact) mass is 348 g/mol. The van der Waals surface area contributed by atoms with E-state index < -0.39 is 15.8 Å². The molecule has 5 nitrogen and oxygen atoms in total. The minimum absolute atomic E-state index is 0.00391. The number of nitrogens with one attached hydrogen (secondary N) is 1. The Bertz CT molecular complexity index is 862. The molecule has 24 heavy (non-hydrogen) atoms. The minimum Gasteiger partial charge on any atom is -0.346 e. The van der Waals surface area contributed by atoms with E-state index in [0.717, 1.165) is 5.56 Å². The lowest BCUT2D eigenvalue weighted by atomic mass is 10.1. The zero-order valence-corrected chi connectivity index (χ0v) is 13.8. The van der Waals surface area contributed by atoms with Crippen molar-refractivity contribution in [2.45, 2.75) is 17.9 Å². The zero-order chi connectivity index (χ0) is 17.7. The molecule has 0 aliphatic carbocycles. The molecular formula is C17H17FN2O3S. The quantitative estimate of drug-likeness (QED) is 0.813. The first-order valence-electron chi connectivity index (χ1n) is 7.13. The van der Waals surface area contributed by atoms with Crippen LogP contribution in [0.1, 0.15) is 24.1 Å². The van der Waals surface area contributed by atoms with Crippen molar-refractivity contribution in [1.82, 2.24) is 5.32 Å². The van der Waals surface area contributed by atoms with Crippen LogP contribution in [0.4, 0.5) is 4.39 Å². The number of carbonyl (C=O) groups excluding carboxylic acids is 1. The third-order valence-corrected chi connectivity index (χ3v) is 4.32. The molecule has 0 saturated heterocycles. The van der Waals surface area contributed by atoms with Gasteiger partial charge in [0.15, 0.2) is 0 Å². The number of benzene rings is 2. The molecule has 0 heterocycles. The number of primary sulfonamides is 1. The van der Waals surface area contributed by atoms with Gasteiger partial charge >= 0.3 is 0 Å². The second kappa shape index (κ2) is 7.37. The number of hydrogen-bond donors (Lipinski definition) is 2. The predicted molar refractivity (Wildman–Crippen MR) is 89.8 cm³/mol. The van der Waals surface area contributed by atoms with Gasteiger partial charge in [0.25, 0.3) is 0 Å². The van der Waals surface area contributed by atoms with Crippen LogP contribution in [0.3, 0.4) is 0 Å². The molecule has 0 spiro atoms. The summed E-state index contributed by atoms with van der Waals surface area (Å²) in [5, 5.41) is 7.75. The highest BCUT2D eigenvalue weighted by Gasteiger charge is 2.11. The van der Waals surface area contributed by atoms with Crippen LogP contribution in [0.25, 0.3) is 6.08 Å². The van der Waals surface area contributed by atoms with Gasteiger partial charge in [-0.2, -0.15) is 0 Å². The average Bonchev–Trinajstić information content (AvgIpc) is 2.53. The summed E-state index contributed by atoms with van der Waals surface area (Å²) in [4.78, 5) is 11.9. The second-order valence-electron chi connectivity index (χ2n) is 5.20. The van der Waals surface area contributed by atoms with Gasteiger partial charge in [0.05, 0.1) is 10.9 Å². The van der Waals surface area contributed by atoms with Crippen LogP contribution in [0.5, 0.6) is 0 Å². The molecule has 0 aliphatic rings. The fraction of sp³-hybridized carbons (Fsp3) is 0.118. The van der Waals surface area contributed by atoms with E-state index in [9.17, 15) is 17.6 Å².